The van der Waals surface area contributed by atoms with Crippen LogP contribution in [0.5, 0.6) is 0 Å². The van der Waals surface area contributed by atoms with Crippen molar-refractivity contribution in [3.8, 4) is 0 Å². The number of benzene rings is 1. The van der Waals surface area contributed by atoms with Gasteiger partial charge in [0.15, 0.2) is 5.72 Å². The van der Waals surface area contributed by atoms with Gasteiger partial charge in [0.25, 0.3) is 0 Å². The predicted octanol–water partition coefficient (Wildman–Crippen LogP) is 2.25. The first-order valence-corrected chi connectivity index (χ1v) is 9.20. The summed E-state index contributed by atoms with van der Waals surface area (Å²) in [5.74, 6) is -0.0451. The summed E-state index contributed by atoms with van der Waals surface area (Å²) in [4.78, 5) is 15.6. The number of rotatable bonds is 1. The monoisotopic (exact) mass is 338 g/mol. The standard InChI is InChI=1S/C20H22N2O3/c1-3-11-10-22-15-8-12(11)17(18(23)24-2)19-9-16(22)25-20(15,19)21-14-7-5-4-6-13(14)19/h3-7,12,15-17,21H,8-10H2,1-2H3/b11-3-/t12-,15-,16-,17+,19+,20-/m1/s1. The number of carbonyl (C=O) groups excluding carboxylic acids is 1. The van der Waals surface area contributed by atoms with Crippen molar-refractivity contribution in [1.82, 2.24) is 4.90 Å². The third kappa shape index (κ3) is 1.30. The lowest BCUT2D eigenvalue weighted by Crippen LogP contribution is -2.73. The summed E-state index contributed by atoms with van der Waals surface area (Å²) in [5, 5.41) is 3.73. The third-order valence-corrected chi connectivity index (χ3v) is 7.53. The van der Waals surface area contributed by atoms with Crippen molar-refractivity contribution in [3.63, 3.8) is 0 Å². The van der Waals surface area contributed by atoms with Gasteiger partial charge in [-0.3, -0.25) is 9.69 Å². The van der Waals surface area contributed by atoms with Gasteiger partial charge in [-0.2, -0.15) is 0 Å². The first-order chi connectivity index (χ1) is 12.2. The Morgan fingerprint density at radius 2 is 2.28 bits per heavy atom. The Hall–Kier alpha value is -1.85. The molecule has 1 aliphatic carbocycles. The lowest BCUT2D eigenvalue weighted by Gasteiger charge is -2.60. The average Bonchev–Trinajstić information content (AvgIpc) is 3.22. The highest BCUT2D eigenvalue weighted by molar-refractivity contribution is 5.81. The van der Waals surface area contributed by atoms with Crippen LogP contribution in [0, 0.1) is 11.8 Å². The molecular formula is C20H22N2O3. The van der Waals surface area contributed by atoms with Crippen molar-refractivity contribution in [1.29, 1.82) is 0 Å². The zero-order chi connectivity index (χ0) is 17.0. The van der Waals surface area contributed by atoms with E-state index in [4.69, 9.17) is 9.47 Å². The fourth-order valence-corrected chi connectivity index (χ4v) is 6.75. The van der Waals surface area contributed by atoms with Crippen LogP contribution in [0.2, 0.25) is 0 Å². The molecule has 0 amide bonds. The average molecular weight is 338 g/mol. The molecule has 5 nitrogen and oxygen atoms in total. The molecular weight excluding hydrogens is 316 g/mol. The number of piperidine rings is 2. The number of para-hydroxylation sites is 1. The molecule has 4 bridgehead atoms. The highest BCUT2D eigenvalue weighted by Gasteiger charge is 2.82. The highest BCUT2D eigenvalue weighted by atomic mass is 16.6. The molecule has 0 radical (unpaired) electrons. The molecule has 5 aliphatic rings. The number of hydrogen-bond donors (Lipinski definition) is 1. The summed E-state index contributed by atoms with van der Waals surface area (Å²) < 4.78 is 12.0. The number of carbonyl (C=O) groups is 1. The number of nitrogens with zero attached hydrogens (tertiary/aromatic N) is 1. The first-order valence-electron chi connectivity index (χ1n) is 9.20. The van der Waals surface area contributed by atoms with E-state index >= 15 is 0 Å². The maximum atomic E-state index is 13.1. The Morgan fingerprint density at radius 3 is 3.08 bits per heavy atom. The zero-order valence-corrected chi connectivity index (χ0v) is 14.5. The van der Waals surface area contributed by atoms with Crippen LogP contribution in [0.25, 0.3) is 0 Å². The molecule has 4 fully saturated rings. The third-order valence-electron chi connectivity index (χ3n) is 7.53. The molecule has 130 valence electrons. The molecule has 25 heavy (non-hydrogen) atoms. The Morgan fingerprint density at radius 1 is 1.44 bits per heavy atom. The van der Waals surface area contributed by atoms with Crippen LogP contribution in [0.15, 0.2) is 35.9 Å². The molecule has 1 saturated carbocycles. The molecule has 5 heteroatoms. The molecule has 4 heterocycles. The fourth-order valence-electron chi connectivity index (χ4n) is 6.75. The molecule has 4 aliphatic heterocycles. The van der Waals surface area contributed by atoms with Crippen LogP contribution in [0.1, 0.15) is 25.3 Å². The van der Waals surface area contributed by atoms with E-state index < -0.39 is 5.72 Å². The number of allylic oxidation sites excluding steroid dienone is 1. The van der Waals surface area contributed by atoms with Gasteiger partial charge >= 0.3 is 5.97 Å². The second kappa shape index (κ2) is 4.27. The van der Waals surface area contributed by atoms with E-state index in [1.54, 1.807) is 0 Å². The van der Waals surface area contributed by atoms with E-state index in [0.717, 1.165) is 25.1 Å². The quantitative estimate of drug-likeness (QED) is 0.629. The van der Waals surface area contributed by atoms with Crippen LogP contribution >= 0.6 is 0 Å². The number of hydrogen-bond acceptors (Lipinski definition) is 5. The molecule has 1 spiro atoms. The number of fused-ring (bicyclic) bond motifs is 4. The van der Waals surface area contributed by atoms with E-state index in [9.17, 15) is 4.79 Å². The van der Waals surface area contributed by atoms with Crippen molar-refractivity contribution >= 4 is 11.7 Å². The fraction of sp³-hybridized carbons (Fsp3) is 0.550. The van der Waals surface area contributed by atoms with Crippen molar-refractivity contribution in [2.75, 3.05) is 19.0 Å². The van der Waals surface area contributed by atoms with Crippen molar-refractivity contribution in [3.05, 3.63) is 41.5 Å². The largest absolute Gasteiger partial charge is 0.469 e. The van der Waals surface area contributed by atoms with E-state index in [1.807, 2.05) is 0 Å². The Balaban J connectivity index is 1.67. The number of nitrogens with one attached hydrogen (secondary N) is 1. The van der Waals surface area contributed by atoms with Crippen LogP contribution in [0.3, 0.4) is 0 Å². The zero-order valence-electron chi connectivity index (χ0n) is 14.5. The van der Waals surface area contributed by atoms with Crippen molar-refractivity contribution < 1.29 is 14.3 Å². The highest BCUT2D eigenvalue weighted by Crippen LogP contribution is 2.72. The van der Waals surface area contributed by atoms with E-state index in [0.29, 0.717) is 6.04 Å². The smallest absolute Gasteiger partial charge is 0.310 e. The van der Waals surface area contributed by atoms with Crippen molar-refractivity contribution in [2.45, 2.75) is 43.2 Å². The summed E-state index contributed by atoms with van der Waals surface area (Å²) in [5.41, 5.74) is 2.89. The topological polar surface area (TPSA) is 50.8 Å². The first kappa shape index (κ1) is 14.3. The van der Waals surface area contributed by atoms with Gasteiger partial charge in [-0.15, -0.1) is 0 Å². The van der Waals surface area contributed by atoms with Gasteiger partial charge in [0.05, 0.1) is 24.5 Å². The number of anilines is 1. The van der Waals surface area contributed by atoms with E-state index in [1.165, 1.54) is 18.2 Å². The van der Waals surface area contributed by atoms with Gasteiger partial charge in [-0.25, -0.2) is 0 Å². The van der Waals surface area contributed by atoms with Crippen molar-refractivity contribution in [2.24, 2.45) is 11.8 Å². The second-order valence-electron chi connectivity index (χ2n) is 8.05. The maximum Gasteiger partial charge on any atom is 0.310 e. The lowest BCUT2D eigenvalue weighted by molar-refractivity contribution is -0.161. The van der Waals surface area contributed by atoms with E-state index in [-0.39, 0.29) is 29.4 Å². The van der Waals surface area contributed by atoms with Crippen LogP contribution in [-0.4, -0.2) is 42.5 Å². The summed E-state index contributed by atoms with van der Waals surface area (Å²) in [6.45, 7) is 2.99. The molecule has 3 saturated heterocycles. The minimum atomic E-state index is -0.490. The molecule has 1 aromatic rings. The normalized spacial score (nSPS) is 46.9. The lowest BCUT2D eigenvalue weighted by atomic mass is 9.49. The molecule has 1 aromatic carbocycles. The maximum absolute atomic E-state index is 13.1. The predicted molar refractivity (Wildman–Crippen MR) is 91.8 cm³/mol. The van der Waals surface area contributed by atoms with Crippen LogP contribution < -0.4 is 5.32 Å². The van der Waals surface area contributed by atoms with Crippen LogP contribution in [0.4, 0.5) is 5.69 Å². The Kier molecular flexibility index (Phi) is 2.45. The van der Waals surface area contributed by atoms with Gasteiger partial charge in [-0.05, 0) is 30.9 Å². The Labute approximate surface area is 147 Å². The van der Waals surface area contributed by atoms with E-state index in [2.05, 4.69) is 47.5 Å². The summed E-state index contributed by atoms with van der Waals surface area (Å²) >= 11 is 0. The molecule has 0 unspecified atom stereocenters. The summed E-state index contributed by atoms with van der Waals surface area (Å²) in [6.07, 6.45) is 4.10. The second-order valence-corrected chi connectivity index (χ2v) is 8.05. The Bertz CT molecular complexity index is 836. The number of esters is 1. The van der Waals surface area contributed by atoms with Gasteiger partial charge in [-0.1, -0.05) is 29.8 Å². The minimum absolute atomic E-state index is 0.0780. The van der Waals surface area contributed by atoms with Crippen LogP contribution in [-0.2, 0) is 19.7 Å². The molecule has 6 atom stereocenters. The summed E-state index contributed by atoms with van der Waals surface area (Å²) in [6, 6.07) is 8.74. The number of ether oxygens (including phenoxy) is 2. The van der Waals surface area contributed by atoms with Gasteiger partial charge < -0.3 is 14.8 Å². The molecule has 6 rings (SSSR count). The summed E-state index contributed by atoms with van der Waals surface area (Å²) in [7, 11) is 1.52. The van der Waals surface area contributed by atoms with Gasteiger partial charge in [0, 0.05) is 18.7 Å². The number of methoxy groups -OCH3 is 1. The molecule has 0 aromatic heterocycles. The van der Waals surface area contributed by atoms with Gasteiger partial charge in [0.1, 0.15) is 6.23 Å². The molecule has 1 N–H and O–H groups in total. The minimum Gasteiger partial charge on any atom is -0.469 e. The SMILES string of the molecule is C/C=C1/CN2[C@H]3C[C@@]45c6ccccc6N[C@@]4(O3)[C@H]2C[C@H]1[C@H]5C(=O)OC. The van der Waals surface area contributed by atoms with Gasteiger partial charge in [0.2, 0.25) is 0 Å².